The molecule has 0 saturated carbocycles. The Kier molecular flexibility index (Phi) is 3.96. The summed E-state index contributed by atoms with van der Waals surface area (Å²) < 4.78 is 5.70. The van der Waals surface area contributed by atoms with Crippen LogP contribution in [0.3, 0.4) is 0 Å². The number of nitrogens with one attached hydrogen (secondary N) is 1. The van der Waals surface area contributed by atoms with Crippen molar-refractivity contribution in [3.05, 3.63) is 21.9 Å². The SMILES string of the molecule is O=C(NCC12CCCN1CCC2)c1ccc([C@H]2CCCO2)s1. The minimum absolute atomic E-state index is 0.0855. The lowest BCUT2D eigenvalue weighted by Crippen LogP contribution is -2.48. The average Bonchev–Trinajstić information content (AvgIpc) is 3.26. The van der Waals surface area contributed by atoms with Crippen LogP contribution in [0.5, 0.6) is 0 Å². The Morgan fingerprint density at radius 3 is 2.86 bits per heavy atom. The van der Waals surface area contributed by atoms with Gasteiger partial charge in [0.05, 0.1) is 11.0 Å². The molecule has 120 valence electrons. The molecule has 0 aromatic carbocycles. The van der Waals surface area contributed by atoms with E-state index < -0.39 is 0 Å². The third-order valence-corrected chi connectivity index (χ3v) is 6.66. The first-order chi connectivity index (χ1) is 10.8. The predicted octanol–water partition coefficient (Wildman–Crippen LogP) is 2.96. The normalized spacial score (nSPS) is 27.2. The second kappa shape index (κ2) is 5.95. The van der Waals surface area contributed by atoms with Gasteiger partial charge in [-0.15, -0.1) is 11.3 Å². The van der Waals surface area contributed by atoms with Gasteiger partial charge in [-0.3, -0.25) is 9.69 Å². The highest BCUT2D eigenvalue weighted by Crippen LogP contribution is 2.38. The molecular formula is C17H24N2O2S. The van der Waals surface area contributed by atoms with Crippen LogP contribution in [0.15, 0.2) is 12.1 Å². The summed E-state index contributed by atoms with van der Waals surface area (Å²) in [6.07, 6.45) is 7.45. The molecule has 3 aliphatic rings. The lowest BCUT2D eigenvalue weighted by molar-refractivity contribution is 0.0923. The van der Waals surface area contributed by atoms with Crippen LogP contribution >= 0.6 is 11.3 Å². The number of hydrogen-bond acceptors (Lipinski definition) is 4. The van der Waals surface area contributed by atoms with Crippen molar-refractivity contribution < 1.29 is 9.53 Å². The fourth-order valence-electron chi connectivity index (χ4n) is 4.30. The summed E-state index contributed by atoms with van der Waals surface area (Å²) in [5.41, 5.74) is 0.254. The van der Waals surface area contributed by atoms with Gasteiger partial charge >= 0.3 is 0 Å². The number of hydrogen-bond donors (Lipinski definition) is 1. The number of ether oxygens (including phenoxy) is 1. The summed E-state index contributed by atoms with van der Waals surface area (Å²) >= 11 is 1.59. The van der Waals surface area contributed by atoms with E-state index in [2.05, 4.69) is 16.3 Å². The molecule has 1 aromatic heterocycles. The molecule has 5 heteroatoms. The molecule has 0 aliphatic carbocycles. The van der Waals surface area contributed by atoms with Gasteiger partial charge in [0.15, 0.2) is 0 Å². The van der Waals surface area contributed by atoms with Crippen molar-refractivity contribution in [1.82, 2.24) is 10.2 Å². The van der Waals surface area contributed by atoms with Gasteiger partial charge in [-0.25, -0.2) is 0 Å². The van der Waals surface area contributed by atoms with Crippen LogP contribution in [-0.2, 0) is 4.74 Å². The summed E-state index contributed by atoms with van der Waals surface area (Å²) in [6, 6.07) is 4.01. The Morgan fingerprint density at radius 2 is 2.14 bits per heavy atom. The van der Waals surface area contributed by atoms with Gasteiger partial charge in [0.1, 0.15) is 0 Å². The topological polar surface area (TPSA) is 41.6 Å². The van der Waals surface area contributed by atoms with Crippen LogP contribution in [0.4, 0.5) is 0 Å². The lowest BCUT2D eigenvalue weighted by atomic mass is 9.94. The van der Waals surface area contributed by atoms with Crippen LogP contribution in [-0.4, -0.2) is 42.6 Å². The number of carbonyl (C=O) groups is 1. The Labute approximate surface area is 135 Å². The van der Waals surface area contributed by atoms with Crippen molar-refractivity contribution in [3.63, 3.8) is 0 Å². The molecule has 3 aliphatic heterocycles. The molecule has 3 fully saturated rings. The Balaban J connectivity index is 1.38. The highest BCUT2D eigenvalue weighted by molar-refractivity contribution is 7.14. The van der Waals surface area contributed by atoms with Gasteiger partial charge in [0, 0.05) is 23.6 Å². The van der Waals surface area contributed by atoms with Crippen molar-refractivity contribution >= 4 is 17.2 Å². The Bertz CT molecular complexity index is 541. The van der Waals surface area contributed by atoms with E-state index in [1.165, 1.54) is 43.6 Å². The van der Waals surface area contributed by atoms with Crippen LogP contribution in [0.2, 0.25) is 0 Å². The Morgan fingerprint density at radius 1 is 1.32 bits per heavy atom. The number of thiophene rings is 1. The molecule has 0 bridgehead atoms. The van der Waals surface area contributed by atoms with Crippen LogP contribution in [0, 0.1) is 0 Å². The second-order valence-electron chi connectivity index (χ2n) is 6.80. The summed E-state index contributed by atoms with van der Waals surface area (Å²) in [5, 5.41) is 3.20. The highest BCUT2D eigenvalue weighted by Gasteiger charge is 2.44. The maximum Gasteiger partial charge on any atom is 0.261 e. The van der Waals surface area contributed by atoms with Gasteiger partial charge in [0.25, 0.3) is 5.91 Å². The smallest absolute Gasteiger partial charge is 0.261 e. The van der Waals surface area contributed by atoms with E-state index in [1.807, 2.05) is 6.07 Å². The Hall–Kier alpha value is -0.910. The van der Waals surface area contributed by atoms with Gasteiger partial charge < -0.3 is 10.1 Å². The quantitative estimate of drug-likeness (QED) is 0.927. The zero-order valence-corrected chi connectivity index (χ0v) is 13.8. The highest BCUT2D eigenvalue weighted by atomic mass is 32.1. The second-order valence-corrected chi connectivity index (χ2v) is 7.92. The van der Waals surface area contributed by atoms with Crippen molar-refractivity contribution in [3.8, 4) is 0 Å². The third kappa shape index (κ3) is 2.59. The molecule has 22 heavy (non-hydrogen) atoms. The van der Waals surface area contributed by atoms with Gasteiger partial charge in [-0.05, 0) is 63.7 Å². The number of carbonyl (C=O) groups excluding carboxylic acids is 1. The number of nitrogens with zero attached hydrogens (tertiary/aromatic N) is 1. The molecule has 4 heterocycles. The fraction of sp³-hybridized carbons (Fsp3) is 0.706. The van der Waals surface area contributed by atoms with E-state index in [-0.39, 0.29) is 17.6 Å². The van der Waals surface area contributed by atoms with Gasteiger partial charge in [-0.2, -0.15) is 0 Å². The largest absolute Gasteiger partial charge is 0.373 e. The van der Waals surface area contributed by atoms with E-state index in [4.69, 9.17) is 4.74 Å². The number of fused-ring (bicyclic) bond motifs is 1. The van der Waals surface area contributed by atoms with E-state index >= 15 is 0 Å². The van der Waals surface area contributed by atoms with Crippen molar-refractivity contribution in [2.75, 3.05) is 26.2 Å². The van der Waals surface area contributed by atoms with Gasteiger partial charge in [0.2, 0.25) is 0 Å². The molecular weight excluding hydrogens is 296 g/mol. The van der Waals surface area contributed by atoms with Crippen molar-refractivity contribution in [2.45, 2.75) is 50.2 Å². The van der Waals surface area contributed by atoms with Crippen LogP contribution in [0.1, 0.15) is 59.2 Å². The van der Waals surface area contributed by atoms with Crippen molar-refractivity contribution in [1.29, 1.82) is 0 Å². The summed E-state index contributed by atoms with van der Waals surface area (Å²) in [6.45, 7) is 4.07. The zero-order chi connectivity index (χ0) is 15.0. The maximum absolute atomic E-state index is 12.5. The number of rotatable bonds is 4. The monoisotopic (exact) mass is 320 g/mol. The molecule has 0 spiro atoms. The molecule has 1 amide bonds. The molecule has 3 saturated heterocycles. The maximum atomic E-state index is 12.5. The molecule has 0 radical (unpaired) electrons. The summed E-state index contributed by atoms with van der Waals surface area (Å²) in [7, 11) is 0. The molecule has 1 aromatic rings. The minimum Gasteiger partial charge on any atom is -0.373 e. The molecule has 4 nitrogen and oxygen atoms in total. The summed E-state index contributed by atoms with van der Waals surface area (Å²) in [4.78, 5) is 17.1. The van der Waals surface area contributed by atoms with Crippen LogP contribution in [0.25, 0.3) is 0 Å². The average molecular weight is 320 g/mol. The standard InChI is InChI=1S/C17H24N2O2S/c20-16(15-6-5-14(22-15)13-4-1-11-21-13)18-12-17-7-2-9-19(17)10-3-8-17/h5-6,13H,1-4,7-12H2,(H,18,20)/t13-/m1/s1. The van der Waals surface area contributed by atoms with Crippen LogP contribution < -0.4 is 5.32 Å². The van der Waals surface area contributed by atoms with E-state index in [0.717, 1.165) is 30.9 Å². The molecule has 1 atom stereocenters. The predicted molar refractivity (Wildman–Crippen MR) is 87.4 cm³/mol. The zero-order valence-electron chi connectivity index (χ0n) is 13.0. The molecule has 0 unspecified atom stereocenters. The third-order valence-electron chi connectivity index (χ3n) is 5.49. The fourth-order valence-corrected chi connectivity index (χ4v) is 5.30. The first kappa shape index (κ1) is 14.7. The molecule has 1 N–H and O–H groups in total. The van der Waals surface area contributed by atoms with E-state index in [9.17, 15) is 4.79 Å². The molecule has 4 rings (SSSR count). The number of amides is 1. The van der Waals surface area contributed by atoms with Crippen molar-refractivity contribution in [2.24, 2.45) is 0 Å². The first-order valence-corrected chi connectivity index (χ1v) is 9.33. The minimum atomic E-state index is 0.0855. The first-order valence-electron chi connectivity index (χ1n) is 8.51. The lowest BCUT2D eigenvalue weighted by Gasteiger charge is -2.32. The summed E-state index contributed by atoms with van der Waals surface area (Å²) in [5.74, 6) is 0.0855. The van der Waals surface area contributed by atoms with E-state index in [1.54, 1.807) is 11.3 Å². The van der Waals surface area contributed by atoms with E-state index in [0.29, 0.717) is 0 Å². The van der Waals surface area contributed by atoms with Gasteiger partial charge in [-0.1, -0.05) is 0 Å².